The molecule has 3 fully saturated rings. The number of carbonyl (C=O) groups excluding carboxylic acids is 6. The molecular formula is C70H77NO21. The van der Waals surface area contributed by atoms with Crippen molar-refractivity contribution in [1.82, 2.24) is 5.32 Å². The van der Waals surface area contributed by atoms with Crippen LogP contribution in [0.4, 0.5) is 0 Å². The third kappa shape index (κ3) is 17.5. The summed E-state index contributed by atoms with van der Waals surface area (Å²) in [6, 6.07) is 49.4. The number of ether oxygens (including phenoxy) is 15. The van der Waals surface area contributed by atoms with E-state index in [0.717, 1.165) is 12.7 Å². The number of amides is 1. The molecule has 22 nitrogen and oxygen atoms in total. The largest absolute Gasteiger partial charge is 0.497 e. The van der Waals surface area contributed by atoms with Crippen molar-refractivity contribution in [3.8, 4) is 11.5 Å². The first kappa shape index (κ1) is 67.8. The van der Waals surface area contributed by atoms with Gasteiger partial charge in [-0.15, -0.1) is 0 Å². The number of hydrogen-bond donors (Lipinski definition) is 1. The molecule has 2 heterocycles. The van der Waals surface area contributed by atoms with Crippen LogP contribution in [0.15, 0.2) is 176 Å². The summed E-state index contributed by atoms with van der Waals surface area (Å²) < 4.78 is 96.4. The third-order valence-corrected chi connectivity index (χ3v) is 15.7. The Bertz CT molecular complexity index is 3330. The molecule has 1 N–H and O–H groups in total. The molecule has 2 saturated heterocycles. The summed E-state index contributed by atoms with van der Waals surface area (Å²) in [5, 5.41) is 2.92. The monoisotopic (exact) mass is 1270 g/mol. The Kier molecular flexibility index (Phi) is 24.0. The third-order valence-electron chi connectivity index (χ3n) is 15.7. The van der Waals surface area contributed by atoms with Gasteiger partial charge in [0.2, 0.25) is 12.2 Å². The topological polar surface area (TPSA) is 253 Å². The first-order chi connectivity index (χ1) is 44.6. The average Bonchev–Trinajstić information content (AvgIpc) is 1.54. The van der Waals surface area contributed by atoms with Gasteiger partial charge in [0.05, 0.1) is 58.3 Å². The molecule has 488 valence electrons. The quantitative estimate of drug-likeness (QED) is 0.0243. The Balaban J connectivity index is 1.16. The van der Waals surface area contributed by atoms with Gasteiger partial charge in [-0.2, -0.15) is 0 Å². The fourth-order valence-electron chi connectivity index (χ4n) is 11.1. The molecule has 0 radical (unpaired) electrons. The van der Waals surface area contributed by atoms with Gasteiger partial charge < -0.3 is 76.4 Å². The van der Waals surface area contributed by atoms with Crippen LogP contribution in [0.1, 0.15) is 77.9 Å². The summed E-state index contributed by atoms with van der Waals surface area (Å²) in [6.45, 7) is 5.02. The maximum Gasteiger partial charge on any atom is 0.338 e. The molecular weight excluding hydrogens is 1190 g/mol. The Morgan fingerprint density at radius 1 is 0.576 bits per heavy atom. The first-order valence-electron chi connectivity index (χ1n) is 30.3. The highest BCUT2D eigenvalue weighted by Crippen LogP contribution is 2.57. The molecule has 0 bridgehead atoms. The van der Waals surface area contributed by atoms with E-state index in [1.165, 1.54) is 28.1 Å². The first-order valence-corrected chi connectivity index (χ1v) is 30.3. The number of methoxy groups -OCH3 is 3. The van der Waals surface area contributed by atoms with E-state index in [1.807, 2.05) is 91.0 Å². The minimum absolute atomic E-state index is 0.000940. The highest BCUT2D eigenvalue weighted by molar-refractivity contribution is 5.90. The van der Waals surface area contributed by atoms with Crippen LogP contribution in [0.3, 0.4) is 0 Å². The number of fused-ring (bicyclic) bond motifs is 1. The van der Waals surface area contributed by atoms with Crippen LogP contribution in [0, 0.1) is 5.92 Å². The highest BCUT2D eigenvalue weighted by atomic mass is 16.8. The lowest BCUT2D eigenvalue weighted by molar-refractivity contribution is -0.335. The van der Waals surface area contributed by atoms with Crippen molar-refractivity contribution in [2.45, 2.75) is 146 Å². The Labute approximate surface area is 533 Å². The van der Waals surface area contributed by atoms with E-state index < -0.39 is 134 Å². The van der Waals surface area contributed by atoms with Gasteiger partial charge in [-0.05, 0) is 85.0 Å². The minimum atomic E-state index is -1.75. The summed E-state index contributed by atoms with van der Waals surface area (Å²) in [5.41, 5.74) is 0.791. The van der Waals surface area contributed by atoms with Crippen LogP contribution >= 0.6 is 0 Å². The van der Waals surface area contributed by atoms with Gasteiger partial charge in [0.25, 0.3) is 0 Å². The maximum atomic E-state index is 14.5. The zero-order valence-electron chi connectivity index (χ0n) is 52.1. The normalized spacial score (nSPS) is 23.9. The van der Waals surface area contributed by atoms with Gasteiger partial charge in [-0.1, -0.05) is 134 Å². The van der Waals surface area contributed by atoms with Crippen molar-refractivity contribution in [1.29, 1.82) is 0 Å². The Hall–Kier alpha value is -8.58. The van der Waals surface area contributed by atoms with Gasteiger partial charge >= 0.3 is 29.8 Å². The van der Waals surface area contributed by atoms with Gasteiger partial charge in [0.1, 0.15) is 54.7 Å². The van der Waals surface area contributed by atoms with Gasteiger partial charge in [0, 0.05) is 19.8 Å². The number of benzene rings is 6. The molecule has 1 aliphatic carbocycles. The van der Waals surface area contributed by atoms with Crippen LogP contribution in [0.5, 0.6) is 11.5 Å². The molecule has 6 aromatic rings. The maximum absolute atomic E-state index is 14.5. The molecule has 7 unspecified atom stereocenters. The number of hydrogen-bond acceptors (Lipinski definition) is 21. The van der Waals surface area contributed by atoms with E-state index in [1.54, 1.807) is 98.8 Å². The molecule has 1 saturated carbocycles. The molecule has 22 heteroatoms. The van der Waals surface area contributed by atoms with Crippen LogP contribution in [0.25, 0.3) is 0 Å². The predicted octanol–water partition coefficient (Wildman–Crippen LogP) is 8.45. The second-order valence-corrected chi connectivity index (χ2v) is 22.2. The molecule has 92 heavy (non-hydrogen) atoms. The zero-order chi connectivity index (χ0) is 65.2. The van der Waals surface area contributed by atoms with E-state index in [-0.39, 0.29) is 49.5 Å². The highest BCUT2D eigenvalue weighted by Gasteiger charge is 2.73. The SMILES string of the molecule is CCC(OC(COC(C)=O)[C@@H](O[C@@H]1OC2(C(=O)OC)C[C@@H]2C(OCc2ccccc2)[C@@H]1OC(=O)c1ccccc1)C(OCc1ccccc1)[C@@H](C)NC(C)=O)O[C@@H]1C(C(=O)OC)O[C@@H](Oc2ccc(OC)cc2)[C@@H](OC(=O)c2ccccc2)C1OCc1ccccc1. The fraction of sp³-hybridized carbons (Fsp3) is 0.400. The van der Waals surface area contributed by atoms with Crippen molar-refractivity contribution in [2.75, 3.05) is 27.9 Å². The summed E-state index contributed by atoms with van der Waals surface area (Å²) in [4.78, 5) is 83.8. The molecule has 0 aromatic heterocycles. The molecule has 15 atom stereocenters. The lowest BCUT2D eigenvalue weighted by atomic mass is 9.97. The summed E-state index contributed by atoms with van der Waals surface area (Å²) in [7, 11) is 3.88. The second kappa shape index (κ2) is 32.6. The van der Waals surface area contributed by atoms with E-state index >= 15 is 0 Å². The van der Waals surface area contributed by atoms with Crippen LogP contribution < -0.4 is 14.8 Å². The summed E-state index contributed by atoms with van der Waals surface area (Å²) >= 11 is 0. The lowest BCUT2D eigenvalue weighted by Gasteiger charge is -2.46. The van der Waals surface area contributed by atoms with Crippen molar-refractivity contribution in [3.63, 3.8) is 0 Å². The molecule has 3 aliphatic rings. The second-order valence-electron chi connectivity index (χ2n) is 22.2. The van der Waals surface area contributed by atoms with Crippen molar-refractivity contribution < 1.29 is 99.8 Å². The number of carbonyl (C=O) groups is 6. The van der Waals surface area contributed by atoms with E-state index in [9.17, 15) is 28.8 Å². The Morgan fingerprint density at radius 2 is 1.09 bits per heavy atom. The fourth-order valence-corrected chi connectivity index (χ4v) is 11.1. The van der Waals surface area contributed by atoms with E-state index in [0.29, 0.717) is 16.9 Å². The molecule has 9 rings (SSSR count). The average molecular weight is 1270 g/mol. The molecule has 2 aliphatic heterocycles. The number of esters is 5. The lowest BCUT2D eigenvalue weighted by Crippen LogP contribution is -2.65. The smallest absolute Gasteiger partial charge is 0.338 e. The van der Waals surface area contributed by atoms with Crippen LogP contribution in [0.2, 0.25) is 0 Å². The van der Waals surface area contributed by atoms with E-state index in [4.69, 9.17) is 71.1 Å². The molecule has 1 amide bonds. The van der Waals surface area contributed by atoms with E-state index in [2.05, 4.69) is 5.32 Å². The predicted molar refractivity (Wildman–Crippen MR) is 327 cm³/mol. The standard InChI is InChI=1S/C70H77NO21/c1-8-55(87-60-59(84-41-48-28-18-11-19-29-48)63(89-65(75)50-32-22-13-23-33-50)67(91-61(60)66(76)79-6)85-52-36-34-51(78-5)35-37-52)86-54(42-81-45(4)73)58(56(43(2)71-44(3)72)82-39-46-24-14-9-15-25-46)90-68-62(88-64(74)49-30-20-12-21-31-49)57(83-40-47-26-16-10-17-27-47)53-38-70(53,92-68)69(77)80-7/h9-37,43,53-63,67-68H,8,38-42H2,1-7H3,(H,71,72)/t43-,53-,54?,55?,56?,57?,58-,59?,60+,61?,62+,63+,67-,68-,70?/m1/s1. The summed E-state index contributed by atoms with van der Waals surface area (Å²) in [5.74, 6) is -4.50. The zero-order valence-corrected chi connectivity index (χ0v) is 52.1. The number of rotatable bonds is 31. The van der Waals surface area contributed by atoms with Crippen LogP contribution in [-0.2, 0) is 101 Å². The molecule has 6 aromatic carbocycles. The van der Waals surface area contributed by atoms with Crippen molar-refractivity contribution in [2.24, 2.45) is 5.92 Å². The van der Waals surface area contributed by atoms with Gasteiger partial charge in [-0.3, -0.25) is 9.59 Å². The van der Waals surface area contributed by atoms with Crippen LogP contribution in [-0.4, -0.2) is 149 Å². The number of nitrogens with one attached hydrogen (secondary N) is 1. The molecule has 0 spiro atoms. The van der Waals surface area contributed by atoms with Crippen molar-refractivity contribution >= 4 is 35.8 Å². The summed E-state index contributed by atoms with van der Waals surface area (Å²) in [6.07, 6.45) is -18.1. The minimum Gasteiger partial charge on any atom is -0.497 e. The van der Waals surface area contributed by atoms with Gasteiger partial charge in [0.15, 0.2) is 36.5 Å². The van der Waals surface area contributed by atoms with Gasteiger partial charge in [-0.25, -0.2) is 19.2 Å². The van der Waals surface area contributed by atoms with Crippen molar-refractivity contribution in [3.05, 3.63) is 204 Å². The Morgan fingerprint density at radius 3 is 1.59 bits per heavy atom.